The lowest BCUT2D eigenvalue weighted by Crippen LogP contribution is -2.20. The van der Waals surface area contributed by atoms with E-state index in [0.717, 1.165) is 5.56 Å². The predicted molar refractivity (Wildman–Crippen MR) is 136 cm³/mol. The van der Waals surface area contributed by atoms with Crippen LogP contribution in [0.4, 0.5) is 21.6 Å². The van der Waals surface area contributed by atoms with Gasteiger partial charge in [-0.05, 0) is 36.2 Å². The van der Waals surface area contributed by atoms with Gasteiger partial charge in [-0.3, -0.25) is 9.52 Å². The van der Waals surface area contributed by atoms with E-state index in [-0.39, 0.29) is 16.5 Å². The summed E-state index contributed by atoms with van der Waals surface area (Å²) in [6.45, 7) is 6.27. The minimum Gasteiger partial charge on any atom is -0.366 e. The number of aromatic nitrogens is 1. The number of halogens is 2. The van der Waals surface area contributed by atoms with Crippen LogP contribution in [0.5, 0.6) is 0 Å². The first kappa shape index (κ1) is 27.1. The molecule has 3 rings (SSSR count). The second kappa shape index (κ2) is 12.9. The molecular weight excluding hydrogens is 479 g/mol. The highest BCUT2D eigenvalue weighted by molar-refractivity contribution is 7.92. The highest BCUT2D eigenvalue weighted by Gasteiger charge is 2.22. The lowest BCUT2D eigenvalue weighted by atomic mass is 10.1. The van der Waals surface area contributed by atoms with Crippen LogP contribution >= 0.6 is 11.6 Å². The standard InChI is InChI=1S/C22H22ClFN4O3S.C2H6/c1-2-12-32(30,31)28-18-10-9-17(23)20(21(18)24)22(29)27-16-8-11-19(26-14-16)25-13-15-6-4-3-5-7-15;1-2/h3-11,14,28H,2,12-13H2,1H3,(H,25,26)(H,27,29);1-2H3. The van der Waals surface area contributed by atoms with E-state index in [0.29, 0.717) is 24.5 Å². The second-order valence-corrected chi connectivity index (χ2v) is 9.18. The first-order valence-corrected chi connectivity index (χ1v) is 12.9. The van der Waals surface area contributed by atoms with Crippen molar-refractivity contribution in [2.45, 2.75) is 33.7 Å². The summed E-state index contributed by atoms with van der Waals surface area (Å²) < 4.78 is 41.0. The zero-order valence-corrected chi connectivity index (χ0v) is 20.8. The van der Waals surface area contributed by atoms with Gasteiger partial charge in [-0.25, -0.2) is 17.8 Å². The Morgan fingerprint density at radius 3 is 2.38 bits per heavy atom. The van der Waals surface area contributed by atoms with Crippen molar-refractivity contribution in [2.75, 3.05) is 21.1 Å². The molecule has 182 valence electrons. The van der Waals surface area contributed by atoms with Crippen molar-refractivity contribution in [2.24, 2.45) is 0 Å². The Bertz CT molecular complexity index is 1190. The maximum Gasteiger partial charge on any atom is 0.260 e. The first-order chi connectivity index (χ1) is 16.3. The molecule has 0 aliphatic heterocycles. The Morgan fingerprint density at radius 1 is 1.06 bits per heavy atom. The van der Waals surface area contributed by atoms with Crippen LogP contribution < -0.4 is 15.4 Å². The quantitative estimate of drug-likeness (QED) is 0.334. The molecule has 7 nitrogen and oxygen atoms in total. The Labute approximate surface area is 204 Å². The fourth-order valence-electron chi connectivity index (χ4n) is 2.88. The summed E-state index contributed by atoms with van der Waals surface area (Å²) in [6, 6.07) is 15.5. The summed E-state index contributed by atoms with van der Waals surface area (Å²) >= 11 is 6.02. The Hall–Kier alpha value is -3.17. The summed E-state index contributed by atoms with van der Waals surface area (Å²) in [5.41, 5.74) is 0.611. The molecule has 1 amide bonds. The molecule has 0 aliphatic carbocycles. The minimum absolute atomic E-state index is 0.146. The number of benzene rings is 2. The Kier molecular flexibility index (Phi) is 10.3. The summed E-state index contributed by atoms with van der Waals surface area (Å²) in [4.78, 5) is 16.9. The van der Waals surface area contributed by atoms with Gasteiger partial charge in [-0.2, -0.15) is 0 Å². The molecule has 0 radical (unpaired) electrons. The Balaban J connectivity index is 0.00000199. The molecule has 1 heterocycles. The Morgan fingerprint density at radius 2 is 1.76 bits per heavy atom. The van der Waals surface area contributed by atoms with Crippen molar-refractivity contribution in [1.82, 2.24) is 4.98 Å². The lowest BCUT2D eigenvalue weighted by Gasteiger charge is -2.13. The van der Waals surface area contributed by atoms with Gasteiger partial charge in [0.15, 0.2) is 5.82 Å². The second-order valence-electron chi connectivity index (χ2n) is 6.93. The molecule has 0 bridgehead atoms. The van der Waals surface area contributed by atoms with Crippen molar-refractivity contribution in [1.29, 1.82) is 0 Å². The monoisotopic (exact) mass is 506 g/mol. The van der Waals surface area contributed by atoms with E-state index in [2.05, 4.69) is 20.3 Å². The third-order valence-electron chi connectivity index (χ3n) is 4.39. The minimum atomic E-state index is -3.73. The number of anilines is 3. The van der Waals surface area contributed by atoms with Crippen LogP contribution in [0.15, 0.2) is 60.8 Å². The van der Waals surface area contributed by atoms with Crippen molar-refractivity contribution in [3.8, 4) is 0 Å². The summed E-state index contributed by atoms with van der Waals surface area (Å²) in [6.07, 6.45) is 1.78. The number of hydrogen-bond acceptors (Lipinski definition) is 5. The van der Waals surface area contributed by atoms with Crippen LogP contribution in [-0.2, 0) is 16.6 Å². The molecule has 34 heavy (non-hydrogen) atoms. The molecule has 0 fully saturated rings. The van der Waals surface area contributed by atoms with Crippen molar-refractivity contribution >= 4 is 44.7 Å². The molecule has 0 spiro atoms. The van der Waals surface area contributed by atoms with Gasteiger partial charge >= 0.3 is 0 Å². The SMILES string of the molecule is CC.CCCS(=O)(=O)Nc1ccc(Cl)c(C(=O)Nc2ccc(NCc3ccccc3)nc2)c1F. The molecule has 3 aromatic rings. The molecule has 0 saturated carbocycles. The van der Waals surface area contributed by atoms with E-state index < -0.39 is 27.3 Å². The van der Waals surface area contributed by atoms with E-state index in [1.54, 1.807) is 19.1 Å². The molecule has 3 N–H and O–H groups in total. The highest BCUT2D eigenvalue weighted by atomic mass is 35.5. The summed E-state index contributed by atoms with van der Waals surface area (Å²) in [5, 5.41) is 5.54. The number of nitrogens with zero attached hydrogens (tertiary/aromatic N) is 1. The fraction of sp³-hybridized carbons (Fsp3) is 0.250. The van der Waals surface area contributed by atoms with Crippen molar-refractivity contribution in [3.63, 3.8) is 0 Å². The average molecular weight is 507 g/mol. The van der Waals surface area contributed by atoms with E-state index in [1.165, 1.54) is 18.3 Å². The zero-order valence-electron chi connectivity index (χ0n) is 19.2. The molecule has 0 aliphatic rings. The average Bonchev–Trinajstić information content (AvgIpc) is 2.82. The van der Waals surface area contributed by atoms with E-state index in [9.17, 15) is 17.6 Å². The van der Waals surface area contributed by atoms with Crippen molar-refractivity contribution in [3.05, 3.63) is 82.8 Å². The molecule has 0 unspecified atom stereocenters. The fourth-order valence-corrected chi connectivity index (χ4v) is 4.25. The van der Waals surface area contributed by atoms with Crippen molar-refractivity contribution < 1.29 is 17.6 Å². The topological polar surface area (TPSA) is 100 Å². The van der Waals surface area contributed by atoms with Crippen LogP contribution in [0.2, 0.25) is 5.02 Å². The zero-order chi connectivity index (χ0) is 25.1. The number of carbonyl (C=O) groups is 1. The number of nitrogens with one attached hydrogen (secondary N) is 3. The molecule has 0 saturated heterocycles. The highest BCUT2D eigenvalue weighted by Crippen LogP contribution is 2.27. The van der Waals surface area contributed by atoms with E-state index >= 15 is 0 Å². The van der Waals surface area contributed by atoms with E-state index in [4.69, 9.17) is 11.6 Å². The number of amides is 1. The largest absolute Gasteiger partial charge is 0.366 e. The van der Waals surface area contributed by atoms with Crippen LogP contribution in [0, 0.1) is 5.82 Å². The third kappa shape index (κ3) is 7.71. The maximum absolute atomic E-state index is 14.9. The number of rotatable bonds is 9. The molecule has 1 aromatic heterocycles. The van der Waals surface area contributed by atoms with Gasteiger partial charge in [-0.1, -0.05) is 62.7 Å². The van der Waals surface area contributed by atoms with Gasteiger partial charge in [0.25, 0.3) is 5.91 Å². The number of pyridine rings is 1. The van der Waals surface area contributed by atoms with Gasteiger partial charge in [0.1, 0.15) is 5.82 Å². The van der Waals surface area contributed by atoms with Crippen LogP contribution in [0.3, 0.4) is 0 Å². The van der Waals surface area contributed by atoms with Crippen LogP contribution in [0.25, 0.3) is 0 Å². The van der Waals surface area contributed by atoms with Gasteiger partial charge in [0, 0.05) is 6.54 Å². The van der Waals surface area contributed by atoms with Crippen LogP contribution in [-0.4, -0.2) is 25.1 Å². The number of sulfonamides is 1. The molecular formula is C24H28ClFN4O3S. The normalized spacial score (nSPS) is 10.6. The van der Waals surface area contributed by atoms with Gasteiger partial charge in [-0.15, -0.1) is 0 Å². The number of carbonyl (C=O) groups excluding carboxylic acids is 1. The third-order valence-corrected chi connectivity index (χ3v) is 6.19. The molecule has 10 heteroatoms. The maximum atomic E-state index is 14.9. The summed E-state index contributed by atoms with van der Waals surface area (Å²) in [5.74, 6) is -1.45. The van der Waals surface area contributed by atoms with E-state index in [1.807, 2.05) is 44.2 Å². The first-order valence-electron chi connectivity index (χ1n) is 10.8. The smallest absolute Gasteiger partial charge is 0.260 e. The lowest BCUT2D eigenvalue weighted by molar-refractivity contribution is 0.102. The van der Waals surface area contributed by atoms with Crippen LogP contribution in [0.1, 0.15) is 43.1 Å². The van der Waals surface area contributed by atoms with Gasteiger partial charge < -0.3 is 10.6 Å². The molecule has 0 atom stereocenters. The number of hydrogen-bond donors (Lipinski definition) is 3. The van der Waals surface area contributed by atoms with Gasteiger partial charge in [0.2, 0.25) is 10.0 Å². The van der Waals surface area contributed by atoms with Gasteiger partial charge in [0.05, 0.1) is 33.9 Å². The predicted octanol–water partition coefficient (Wildman–Crippen LogP) is 5.92. The summed E-state index contributed by atoms with van der Waals surface area (Å²) in [7, 11) is -3.73. The molecule has 2 aromatic carbocycles.